The minimum atomic E-state index is 0.873. The molecule has 0 aliphatic rings. The first-order chi connectivity index (χ1) is 8.28. The van der Waals surface area contributed by atoms with Crippen LogP contribution in [0.2, 0.25) is 0 Å². The molecule has 2 heteroatoms. The summed E-state index contributed by atoms with van der Waals surface area (Å²) >= 11 is 0. The third-order valence-electron chi connectivity index (χ3n) is 2.99. The van der Waals surface area contributed by atoms with Crippen molar-refractivity contribution in [3.8, 4) is 5.75 Å². The van der Waals surface area contributed by atoms with Crippen molar-refractivity contribution >= 4 is 21.8 Å². The van der Waals surface area contributed by atoms with Gasteiger partial charge in [0.2, 0.25) is 0 Å². The molecule has 17 heavy (non-hydrogen) atoms. The van der Waals surface area contributed by atoms with E-state index in [1.807, 2.05) is 18.2 Å². The Morgan fingerprint density at radius 1 is 1.00 bits per heavy atom. The Labute approximate surface area is 99.9 Å². The molecule has 0 radical (unpaired) electrons. The van der Waals surface area contributed by atoms with Crippen molar-refractivity contribution in [2.24, 2.45) is 0 Å². The Bertz CT molecular complexity index is 704. The van der Waals surface area contributed by atoms with E-state index < -0.39 is 0 Å². The Morgan fingerprint density at radius 2 is 1.88 bits per heavy atom. The molecule has 0 amide bonds. The summed E-state index contributed by atoms with van der Waals surface area (Å²) in [6, 6.07) is 14.4. The fourth-order valence-corrected chi connectivity index (χ4v) is 2.11. The fourth-order valence-electron chi connectivity index (χ4n) is 2.11. The number of aromatic nitrogens is 1. The molecule has 0 aliphatic carbocycles. The van der Waals surface area contributed by atoms with Gasteiger partial charge < -0.3 is 4.74 Å². The lowest BCUT2D eigenvalue weighted by molar-refractivity contribution is 0.420. The second-order valence-electron chi connectivity index (χ2n) is 4.21. The largest absolute Gasteiger partial charge is 0.496 e. The molecule has 2 aromatic carbocycles. The SMILES string of the molecule is COc1cccc2nc3cc(C)ccc3cc12. The van der Waals surface area contributed by atoms with Gasteiger partial charge in [-0.1, -0.05) is 18.2 Å². The van der Waals surface area contributed by atoms with Crippen LogP contribution in [0.25, 0.3) is 21.8 Å². The number of nitrogens with zero attached hydrogens (tertiary/aromatic N) is 1. The maximum absolute atomic E-state index is 5.36. The lowest BCUT2D eigenvalue weighted by Gasteiger charge is -2.06. The molecule has 0 saturated heterocycles. The van der Waals surface area contributed by atoms with E-state index in [2.05, 4.69) is 36.2 Å². The first-order valence-corrected chi connectivity index (χ1v) is 5.62. The minimum absolute atomic E-state index is 0.873. The smallest absolute Gasteiger partial charge is 0.128 e. The zero-order chi connectivity index (χ0) is 11.8. The molecule has 1 heterocycles. The third kappa shape index (κ3) is 1.62. The van der Waals surface area contributed by atoms with Crippen LogP contribution >= 0.6 is 0 Å². The predicted molar refractivity (Wildman–Crippen MR) is 70.5 cm³/mol. The van der Waals surface area contributed by atoms with Crippen molar-refractivity contribution < 1.29 is 4.74 Å². The number of pyridine rings is 1. The maximum atomic E-state index is 5.36. The van der Waals surface area contributed by atoms with E-state index >= 15 is 0 Å². The van der Waals surface area contributed by atoms with E-state index in [0.717, 1.165) is 27.6 Å². The summed E-state index contributed by atoms with van der Waals surface area (Å²) in [5.74, 6) is 0.873. The number of rotatable bonds is 1. The number of ether oxygens (including phenoxy) is 1. The van der Waals surface area contributed by atoms with Gasteiger partial charge in [-0.15, -0.1) is 0 Å². The average molecular weight is 223 g/mol. The highest BCUT2D eigenvalue weighted by Gasteiger charge is 2.04. The molecule has 0 aliphatic heterocycles. The van der Waals surface area contributed by atoms with Crippen LogP contribution in [0.1, 0.15) is 5.56 Å². The van der Waals surface area contributed by atoms with Crippen LogP contribution < -0.4 is 4.74 Å². The molecule has 0 saturated carbocycles. The molecule has 0 spiro atoms. The van der Waals surface area contributed by atoms with Gasteiger partial charge >= 0.3 is 0 Å². The summed E-state index contributed by atoms with van der Waals surface area (Å²) in [5, 5.41) is 2.21. The number of hydrogen-bond acceptors (Lipinski definition) is 2. The molecule has 3 aromatic rings. The fraction of sp³-hybridized carbons (Fsp3) is 0.133. The molecular formula is C15H13NO. The highest BCUT2D eigenvalue weighted by molar-refractivity contribution is 5.96. The summed E-state index contributed by atoms with van der Waals surface area (Å²) < 4.78 is 5.36. The van der Waals surface area contributed by atoms with Gasteiger partial charge in [0, 0.05) is 10.8 Å². The van der Waals surface area contributed by atoms with Crippen molar-refractivity contribution in [1.82, 2.24) is 4.98 Å². The average Bonchev–Trinajstić information content (AvgIpc) is 2.35. The molecule has 2 nitrogen and oxygen atoms in total. The zero-order valence-corrected chi connectivity index (χ0v) is 9.90. The van der Waals surface area contributed by atoms with E-state index in [0.29, 0.717) is 0 Å². The molecule has 0 fully saturated rings. The van der Waals surface area contributed by atoms with Gasteiger partial charge in [-0.2, -0.15) is 0 Å². The van der Waals surface area contributed by atoms with Crippen LogP contribution in [0, 0.1) is 6.92 Å². The van der Waals surface area contributed by atoms with Crippen molar-refractivity contribution in [1.29, 1.82) is 0 Å². The van der Waals surface area contributed by atoms with Gasteiger partial charge in [-0.3, -0.25) is 0 Å². The van der Waals surface area contributed by atoms with Crippen molar-refractivity contribution in [2.75, 3.05) is 7.11 Å². The summed E-state index contributed by atoms with van der Waals surface area (Å²) in [5.41, 5.74) is 3.24. The zero-order valence-electron chi connectivity index (χ0n) is 9.90. The summed E-state index contributed by atoms with van der Waals surface area (Å²) in [4.78, 5) is 4.67. The number of benzene rings is 2. The number of fused-ring (bicyclic) bond motifs is 2. The minimum Gasteiger partial charge on any atom is -0.496 e. The van der Waals surface area contributed by atoms with Crippen molar-refractivity contribution in [2.45, 2.75) is 6.92 Å². The van der Waals surface area contributed by atoms with Crippen molar-refractivity contribution in [3.05, 3.63) is 48.0 Å². The van der Waals surface area contributed by atoms with Gasteiger partial charge in [0.1, 0.15) is 5.75 Å². The standard InChI is InChI=1S/C15H13NO/c1-10-6-7-11-9-12-13(16-14(11)8-10)4-3-5-15(12)17-2/h3-9H,1-2H3. The molecule has 1 aromatic heterocycles. The summed E-state index contributed by atoms with van der Waals surface area (Å²) in [6.07, 6.45) is 0. The topological polar surface area (TPSA) is 22.1 Å². The van der Waals surface area contributed by atoms with E-state index in [-0.39, 0.29) is 0 Å². The normalized spacial score (nSPS) is 10.9. The van der Waals surface area contributed by atoms with E-state index in [1.54, 1.807) is 7.11 Å². The van der Waals surface area contributed by atoms with Gasteiger partial charge in [-0.25, -0.2) is 4.98 Å². The number of aryl methyl sites for hydroxylation is 1. The summed E-state index contributed by atoms with van der Waals surface area (Å²) in [6.45, 7) is 2.08. The quantitative estimate of drug-likeness (QED) is 0.587. The first kappa shape index (κ1) is 10.1. The van der Waals surface area contributed by atoms with Gasteiger partial charge in [-0.05, 0) is 36.8 Å². The second-order valence-corrected chi connectivity index (χ2v) is 4.21. The maximum Gasteiger partial charge on any atom is 0.128 e. The lowest BCUT2D eigenvalue weighted by Crippen LogP contribution is -1.88. The van der Waals surface area contributed by atoms with Gasteiger partial charge in [0.05, 0.1) is 18.1 Å². The van der Waals surface area contributed by atoms with E-state index in [4.69, 9.17) is 4.74 Å². The molecule has 0 N–H and O–H groups in total. The second kappa shape index (κ2) is 3.74. The highest BCUT2D eigenvalue weighted by Crippen LogP contribution is 2.27. The van der Waals surface area contributed by atoms with Crippen LogP contribution in [-0.2, 0) is 0 Å². The monoisotopic (exact) mass is 223 g/mol. The van der Waals surface area contributed by atoms with Crippen LogP contribution in [0.5, 0.6) is 5.75 Å². The molecule has 0 atom stereocenters. The molecule has 3 rings (SSSR count). The van der Waals surface area contributed by atoms with Crippen molar-refractivity contribution in [3.63, 3.8) is 0 Å². The van der Waals surface area contributed by atoms with Crippen LogP contribution in [0.4, 0.5) is 0 Å². The Balaban J connectivity index is 2.43. The molecule has 0 bridgehead atoms. The Kier molecular flexibility index (Phi) is 2.22. The lowest BCUT2D eigenvalue weighted by atomic mass is 10.1. The third-order valence-corrected chi connectivity index (χ3v) is 2.99. The molecule has 0 unspecified atom stereocenters. The first-order valence-electron chi connectivity index (χ1n) is 5.62. The van der Waals surface area contributed by atoms with Gasteiger partial charge in [0.15, 0.2) is 0 Å². The van der Waals surface area contributed by atoms with Crippen LogP contribution in [0.3, 0.4) is 0 Å². The molecule has 84 valence electrons. The van der Waals surface area contributed by atoms with Crippen LogP contribution in [-0.4, -0.2) is 12.1 Å². The Hall–Kier alpha value is -2.09. The number of hydrogen-bond donors (Lipinski definition) is 0. The summed E-state index contributed by atoms with van der Waals surface area (Å²) in [7, 11) is 1.69. The van der Waals surface area contributed by atoms with E-state index in [1.165, 1.54) is 5.56 Å². The van der Waals surface area contributed by atoms with E-state index in [9.17, 15) is 0 Å². The number of methoxy groups -OCH3 is 1. The molecular weight excluding hydrogens is 210 g/mol. The Morgan fingerprint density at radius 3 is 2.71 bits per heavy atom. The predicted octanol–water partition coefficient (Wildman–Crippen LogP) is 3.71. The van der Waals surface area contributed by atoms with Crippen LogP contribution in [0.15, 0.2) is 42.5 Å². The van der Waals surface area contributed by atoms with Gasteiger partial charge in [0.25, 0.3) is 0 Å². The highest BCUT2D eigenvalue weighted by atomic mass is 16.5.